The lowest BCUT2D eigenvalue weighted by Gasteiger charge is -2.33. The van der Waals surface area contributed by atoms with Crippen molar-refractivity contribution in [3.8, 4) is 16.9 Å². The first kappa shape index (κ1) is 30.1. The van der Waals surface area contributed by atoms with Crippen LogP contribution >= 0.6 is 0 Å². The van der Waals surface area contributed by atoms with Crippen LogP contribution in [0.5, 0.6) is 0 Å². The Kier molecular flexibility index (Phi) is 8.55. The molecule has 42 heavy (non-hydrogen) atoms. The van der Waals surface area contributed by atoms with Gasteiger partial charge in [-0.1, -0.05) is 29.8 Å². The molecule has 1 N–H and O–H groups in total. The first-order valence-electron chi connectivity index (χ1n) is 12.0. The standard InChI is InChI=1S/C24H23F3N6O8S/c1-15-3-5-17(6-4-15)21-11-22(24(25,26)27)28-32(21)18-7-9-20(10-8-18)42(37,38)29-23(35)41-19-12-31(13-19)33(36)30-40-14-39-16(2)34/h3-11,19H,12-14H2,1-2H3,(H,29,35)/b33-30-. The molecule has 2 aromatic carbocycles. The van der Waals surface area contributed by atoms with Crippen molar-refractivity contribution in [2.75, 3.05) is 19.9 Å². The number of hydrogen-bond donors (Lipinski definition) is 1. The Balaban J connectivity index is 1.39. The molecule has 18 heteroatoms. The minimum absolute atomic E-state index is 0.0427. The summed E-state index contributed by atoms with van der Waals surface area (Å²) >= 11 is 0. The van der Waals surface area contributed by atoms with Crippen molar-refractivity contribution in [1.29, 1.82) is 0 Å². The van der Waals surface area contributed by atoms with Crippen molar-refractivity contribution in [3.63, 3.8) is 0 Å². The van der Waals surface area contributed by atoms with Crippen LogP contribution in [0.25, 0.3) is 16.9 Å². The van der Waals surface area contributed by atoms with E-state index in [0.29, 0.717) is 5.56 Å². The third-order valence-electron chi connectivity index (χ3n) is 5.74. The van der Waals surface area contributed by atoms with Crippen LogP contribution < -0.4 is 4.72 Å². The van der Waals surface area contributed by atoms with E-state index in [-0.39, 0.29) is 34.3 Å². The average molecular weight is 613 g/mol. The lowest BCUT2D eigenvalue weighted by molar-refractivity contribution is -0.727. The highest BCUT2D eigenvalue weighted by atomic mass is 32.2. The number of hydrogen-bond acceptors (Lipinski definition) is 10. The van der Waals surface area contributed by atoms with Crippen molar-refractivity contribution in [2.24, 2.45) is 5.28 Å². The molecule has 1 amide bonds. The number of aromatic nitrogens is 2. The van der Waals surface area contributed by atoms with Gasteiger partial charge in [0, 0.05) is 12.5 Å². The number of nitrogens with zero attached hydrogens (tertiary/aromatic N) is 5. The smallest absolute Gasteiger partial charge is 0.435 e. The molecule has 1 saturated heterocycles. The molecular weight excluding hydrogens is 589 g/mol. The lowest BCUT2D eigenvalue weighted by atomic mass is 10.1. The van der Waals surface area contributed by atoms with E-state index in [1.807, 2.05) is 6.92 Å². The van der Waals surface area contributed by atoms with E-state index in [9.17, 15) is 36.4 Å². The number of halogens is 3. The van der Waals surface area contributed by atoms with Crippen LogP contribution in [0.15, 0.2) is 64.8 Å². The molecule has 1 aliphatic heterocycles. The largest absolute Gasteiger partial charge is 0.569 e. The number of rotatable bonds is 9. The summed E-state index contributed by atoms with van der Waals surface area (Å²) in [5.74, 6) is -0.637. The van der Waals surface area contributed by atoms with Gasteiger partial charge in [0.1, 0.15) is 19.2 Å². The van der Waals surface area contributed by atoms with Crippen molar-refractivity contribution in [2.45, 2.75) is 31.0 Å². The summed E-state index contributed by atoms with van der Waals surface area (Å²) in [6.45, 7) is 2.14. The van der Waals surface area contributed by atoms with Gasteiger partial charge in [0.05, 0.1) is 21.2 Å². The lowest BCUT2D eigenvalue weighted by Crippen LogP contribution is -2.56. The minimum atomic E-state index is -4.71. The molecular formula is C24H23F3N6O8S. The van der Waals surface area contributed by atoms with Crippen molar-refractivity contribution >= 4 is 22.1 Å². The van der Waals surface area contributed by atoms with Gasteiger partial charge in [0.2, 0.25) is 5.28 Å². The fraction of sp³-hybridized carbons (Fsp3) is 0.292. The Labute approximate surface area is 236 Å². The predicted octanol–water partition coefficient (Wildman–Crippen LogP) is 3.30. The average Bonchev–Trinajstić information content (AvgIpc) is 3.35. The monoisotopic (exact) mass is 612 g/mol. The highest BCUT2D eigenvalue weighted by Gasteiger charge is 2.37. The second-order valence-electron chi connectivity index (χ2n) is 8.91. The Hall–Kier alpha value is -4.87. The van der Waals surface area contributed by atoms with Gasteiger partial charge >= 0.3 is 18.2 Å². The van der Waals surface area contributed by atoms with Gasteiger partial charge in [0.25, 0.3) is 16.8 Å². The van der Waals surface area contributed by atoms with Gasteiger partial charge in [-0.2, -0.15) is 18.3 Å². The molecule has 4 rings (SSSR count). The van der Waals surface area contributed by atoms with Crippen molar-refractivity contribution < 1.29 is 50.5 Å². The number of sulfonamides is 1. The quantitative estimate of drug-likeness (QED) is 0.0946. The summed E-state index contributed by atoms with van der Waals surface area (Å²) in [6, 6.07) is 12.3. The van der Waals surface area contributed by atoms with Crippen LogP contribution in [0.3, 0.4) is 0 Å². The number of amides is 1. The first-order valence-corrected chi connectivity index (χ1v) is 13.5. The molecule has 2 heterocycles. The van der Waals surface area contributed by atoms with Crippen molar-refractivity contribution in [1.82, 2.24) is 19.5 Å². The Morgan fingerprint density at radius 2 is 1.79 bits per heavy atom. The Bertz CT molecular complexity index is 1590. The Morgan fingerprint density at radius 3 is 2.38 bits per heavy atom. The summed E-state index contributed by atoms with van der Waals surface area (Å²) in [4.78, 5) is 26.9. The van der Waals surface area contributed by atoms with Crippen LogP contribution in [0.1, 0.15) is 18.2 Å². The first-order chi connectivity index (χ1) is 19.7. The van der Waals surface area contributed by atoms with Gasteiger partial charge < -0.3 is 19.5 Å². The van der Waals surface area contributed by atoms with E-state index >= 15 is 0 Å². The molecule has 0 saturated carbocycles. The fourth-order valence-corrected chi connectivity index (χ4v) is 4.50. The van der Waals surface area contributed by atoms with E-state index in [1.54, 1.807) is 29.0 Å². The fourth-order valence-electron chi connectivity index (χ4n) is 3.62. The number of ether oxygens (including phenoxy) is 2. The molecule has 0 unspecified atom stereocenters. The molecule has 0 radical (unpaired) electrons. The summed E-state index contributed by atoms with van der Waals surface area (Å²) in [5.41, 5.74) is 0.511. The predicted molar refractivity (Wildman–Crippen MR) is 135 cm³/mol. The molecule has 1 aliphatic rings. The maximum atomic E-state index is 13.4. The SMILES string of the molecule is CC(=O)OCO/N=[N+](\[O-])N1CC(OC(=O)NS(=O)(=O)c2ccc(-n3nc(C(F)(F)F)cc3-c3ccc(C)cc3)cc2)C1. The number of hydrazine groups is 1. The highest BCUT2D eigenvalue weighted by Crippen LogP contribution is 2.33. The number of carbonyl (C=O) groups excluding carboxylic acids is 2. The summed E-state index contributed by atoms with van der Waals surface area (Å²) in [5, 5.41) is 19.5. The van der Waals surface area contributed by atoms with Gasteiger partial charge in [-0.3, -0.25) is 4.79 Å². The van der Waals surface area contributed by atoms with Crippen LogP contribution in [0, 0.1) is 12.1 Å². The molecule has 0 atom stereocenters. The van der Waals surface area contributed by atoms with E-state index in [2.05, 4.69) is 20.0 Å². The topological polar surface area (TPSA) is 167 Å². The number of benzene rings is 2. The molecule has 0 spiro atoms. The van der Waals surface area contributed by atoms with Gasteiger partial charge in [-0.15, -0.1) is 5.01 Å². The maximum Gasteiger partial charge on any atom is 0.435 e. The van der Waals surface area contributed by atoms with Crippen LogP contribution in [-0.4, -0.2) is 66.2 Å². The highest BCUT2D eigenvalue weighted by molar-refractivity contribution is 7.90. The molecule has 0 aliphatic carbocycles. The van der Waals surface area contributed by atoms with Crippen LogP contribution in [0.4, 0.5) is 18.0 Å². The van der Waals surface area contributed by atoms with E-state index < -0.39 is 46.9 Å². The van der Waals surface area contributed by atoms with E-state index in [0.717, 1.165) is 40.4 Å². The van der Waals surface area contributed by atoms with Gasteiger partial charge in [0.15, 0.2) is 5.69 Å². The van der Waals surface area contributed by atoms with Crippen LogP contribution in [-0.2, 0) is 35.3 Å². The molecule has 0 bridgehead atoms. The van der Waals surface area contributed by atoms with E-state index in [4.69, 9.17) is 4.74 Å². The number of carbonyl (C=O) groups is 2. The Morgan fingerprint density at radius 1 is 1.14 bits per heavy atom. The zero-order valence-electron chi connectivity index (χ0n) is 21.9. The second kappa shape index (κ2) is 11.9. The normalized spacial score (nSPS) is 14.2. The second-order valence-corrected chi connectivity index (χ2v) is 10.6. The third-order valence-corrected chi connectivity index (χ3v) is 7.07. The molecule has 1 aromatic heterocycles. The van der Waals surface area contributed by atoms with Gasteiger partial charge in [-0.25, -0.2) is 22.6 Å². The van der Waals surface area contributed by atoms with Crippen LogP contribution in [0.2, 0.25) is 0 Å². The minimum Gasteiger partial charge on any atom is -0.569 e. The molecule has 224 valence electrons. The maximum absolute atomic E-state index is 13.4. The van der Waals surface area contributed by atoms with Gasteiger partial charge in [-0.05, 0) is 37.3 Å². The molecule has 14 nitrogen and oxygen atoms in total. The van der Waals surface area contributed by atoms with Crippen molar-refractivity contribution in [3.05, 3.63) is 71.1 Å². The zero-order chi connectivity index (χ0) is 30.7. The van der Waals surface area contributed by atoms with E-state index in [1.165, 1.54) is 12.1 Å². The molecule has 3 aromatic rings. The number of nitrogens with one attached hydrogen (secondary N) is 1. The zero-order valence-corrected chi connectivity index (χ0v) is 22.8. The summed E-state index contributed by atoms with van der Waals surface area (Å²) in [6.07, 6.45) is -6.87. The number of esters is 1. The third kappa shape index (κ3) is 7.25. The molecule has 1 fully saturated rings. The number of alkyl halides is 3. The summed E-state index contributed by atoms with van der Waals surface area (Å²) < 4.78 is 77.8. The number of aryl methyl sites for hydroxylation is 1. The summed E-state index contributed by atoms with van der Waals surface area (Å²) in [7, 11) is -4.43.